The molecule has 96 heavy (non-hydrogen) atoms. The third-order valence-corrected chi connectivity index (χ3v) is 21.3. The predicted molar refractivity (Wildman–Crippen MR) is 419 cm³/mol. The number of unbranched alkanes of at least 4 members (excludes halogenated alkanes) is 15. The Kier molecular flexibility index (Phi) is 57.0. The molecule has 0 saturated heterocycles. The van der Waals surface area contributed by atoms with E-state index in [1.54, 1.807) is 0 Å². The van der Waals surface area contributed by atoms with E-state index in [0.29, 0.717) is 110 Å². The van der Waals surface area contributed by atoms with Crippen LogP contribution in [-0.2, 0) is 47.8 Å². The number of rotatable bonds is 43. The van der Waals surface area contributed by atoms with Gasteiger partial charge in [-0.25, -0.2) is 0 Å². The third-order valence-electron chi connectivity index (χ3n) is 20.2. The minimum atomic E-state index is -0.539. The number of allylic oxidation sites excluding steroid dienone is 6. The van der Waals surface area contributed by atoms with Crippen molar-refractivity contribution in [2.45, 2.75) is 370 Å². The van der Waals surface area contributed by atoms with Gasteiger partial charge in [0.15, 0.2) is 0 Å². The number of ether oxygens (including phenoxy) is 3. The zero-order valence-electron chi connectivity index (χ0n) is 60.1. The molecule has 0 aromatic carbocycles. The minimum absolute atomic E-state index is 0. The second kappa shape index (κ2) is 57.1. The molecule has 0 aliphatic heterocycles. The van der Waals surface area contributed by atoms with Gasteiger partial charge in [0.25, 0.3) is 0 Å². The zero-order valence-corrected chi connectivity index (χ0v) is 69.2. The summed E-state index contributed by atoms with van der Waals surface area (Å²) < 4.78 is 16.4. The summed E-state index contributed by atoms with van der Waals surface area (Å²) in [4.78, 5) is 84.8. The van der Waals surface area contributed by atoms with Gasteiger partial charge in [0.05, 0.1) is 29.5 Å². The van der Waals surface area contributed by atoms with Crippen LogP contribution in [0, 0.1) is 78.7 Å². The molecular weight excluding hydrogens is 1680 g/mol. The normalized spacial score (nSPS) is 25.2. The van der Waals surface area contributed by atoms with E-state index < -0.39 is 11.2 Å². The average molecular weight is 1820 g/mol. The summed E-state index contributed by atoms with van der Waals surface area (Å²) in [6, 6.07) is 0. The molecule has 0 heterocycles. The Labute approximate surface area is 632 Å². The number of carbonyl (C=O) groups excluding carboxylic acids is 7. The van der Waals surface area contributed by atoms with Crippen molar-refractivity contribution in [1.29, 1.82) is 0 Å². The van der Waals surface area contributed by atoms with Crippen molar-refractivity contribution in [3.8, 4) is 0 Å². The van der Waals surface area contributed by atoms with E-state index in [4.69, 9.17) is 14.2 Å². The van der Waals surface area contributed by atoms with Crippen LogP contribution in [0.2, 0.25) is 0 Å². The standard InChI is InChI=1S/C26H43IO4.2C26H44O4.2CH4.2HI.Sm/c1-4-5-6-7-10-13-22(28)16-17-23-21(19-27)18-25(29)24(23)14-11-8-9-12-15-26(30)31-20(2)3;2*1-4-5-6-9-12-16-26(29)17-15-22-21(19-26)18-24(27)23(22)13-10-7-8-11-14-25(28)30-20(2)3;;;;;/h8,11,20-21,23-24H,4-7,9-10,12-19H2,1-3H3;2*7,10,20-23,29H,4-6,8-9,11-19H2,1-3H3;2*1H4;2*1H;/q;;;;;;;+2/p-2/t21-,23-,24+;21-,22-,23+,26+;21-,22-,23+,26-;;;;;/m000...../s1. The van der Waals surface area contributed by atoms with Crippen LogP contribution in [0.15, 0.2) is 36.5 Å². The molecule has 5 aliphatic rings. The average Bonchev–Trinajstić information content (AvgIpc) is 1.63. The number of hydrogen-bond donors (Lipinski definition) is 2. The van der Waals surface area contributed by atoms with Crippen molar-refractivity contribution < 1.29 is 83.4 Å². The molecule has 0 aromatic heterocycles. The van der Waals surface area contributed by atoms with Gasteiger partial charge in [0, 0.05) is 73.5 Å². The number of ketones is 4. The Morgan fingerprint density at radius 1 is 0.490 bits per heavy atom. The molecule has 5 fully saturated rings. The van der Waals surface area contributed by atoms with Crippen molar-refractivity contribution in [2.75, 3.05) is 4.43 Å². The van der Waals surface area contributed by atoms with Gasteiger partial charge in [-0.3, -0.25) is 33.6 Å². The SMILES string of the molecule is C.C.CCCCCCCC(=O)CC[C@H]1[C@H](CI)CC(=O)[C@@H]1CC=CCCCC(=O)OC(C)C.CCCCCCC[C@@]1(O)CC[C@H]2[C@@H](CC(=O)[C@@H]2CC=CCCCC(=O)OC(C)C)C1.CCCCCCC[C@]1(O)CC[C@H]2[C@@H](CC(=O)[C@@H]2CC=CCCCC(=O)OC(C)C)C1.[I][Sm][I]. The van der Waals surface area contributed by atoms with Gasteiger partial charge >= 0.3 is 71.9 Å². The Balaban J connectivity index is 0.00000137. The van der Waals surface area contributed by atoms with E-state index in [0.717, 1.165) is 146 Å². The third kappa shape index (κ3) is 41.9. The Morgan fingerprint density at radius 2 is 0.833 bits per heavy atom. The molecule has 0 radical (unpaired) electrons. The van der Waals surface area contributed by atoms with E-state index in [2.05, 4.69) is 108 Å². The zero-order chi connectivity index (χ0) is 69.7. The number of halogens is 3. The van der Waals surface area contributed by atoms with E-state index in [9.17, 15) is 43.8 Å². The van der Waals surface area contributed by atoms with Crippen molar-refractivity contribution in [1.82, 2.24) is 0 Å². The molecule has 0 aromatic rings. The van der Waals surface area contributed by atoms with Crippen molar-refractivity contribution in [3.05, 3.63) is 36.5 Å². The van der Waals surface area contributed by atoms with Crippen LogP contribution in [-0.4, -0.2) is 85.2 Å². The first kappa shape index (κ1) is 95.8. The maximum atomic E-state index is 12.6. The summed E-state index contributed by atoms with van der Waals surface area (Å²) in [5.74, 6) is 3.80. The van der Waals surface area contributed by atoms with Gasteiger partial charge in [-0.15, -0.1) is 0 Å². The number of hydrogen-bond acceptors (Lipinski definition) is 12. The monoisotopic (exact) mass is 1820 g/mol. The molecule has 16 heteroatoms. The van der Waals surface area contributed by atoms with Gasteiger partial charge < -0.3 is 24.4 Å². The van der Waals surface area contributed by atoms with Crippen molar-refractivity contribution >= 4 is 92.2 Å². The molecule has 11 atom stereocenters. The molecule has 5 aliphatic carbocycles. The van der Waals surface area contributed by atoms with Gasteiger partial charge in [0.1, 0.15) is 23.1 Å². The topological polar surface area (TPSA) is 188 Å². The van der Waals surface area contributed by atoms with Gasteiger partial charge in [-0.05, 0) is 199 Å². The summed E-state index contributed by atoms with van der Waals surface area (Å²) >= 11 is 7.46. The van der Waals surface area contributed by atoms with Crippen LogP contribution < -0.4 is 0 Å². The Morgan fingerprint density at radius 3 is 1.19 bits per heavy atom. The Hall–Kier alpha value is -0.242. The fourth-order valence-electron chi connectivity index (χ4n) is 15.4. The summed E-state index contributed by atoms with van der Waals surface area (Å²) in [5, 5.41) is 22.1. The van der Waals surface area contributed by atoms with Gasteiger partial charge in [0.2, 0.25) is 0 Å². The molecule has 2 N–H and O–H groups in total. The molecule has 0 spiro atoms. The first-order chi connectivity index (χ1) is 45.0. The quantitative estimate of drug-likeness (QED) is 0.0147. The number of alkyl halides is 1. The molecule has 0 unspecified atom stereocenters. The summed E-state index contributed by atoms with van der Waals surface area (Å²) in [6.07, 6.45) is 50.5. The van der Waals surface area contributed by atoms with Crippen molar-refractivity contribution in [2.24, 2.45) is 53.3 Å². The fraction of sp³-hybridized carbons (Fsp3) is 0.838. The molecular formula is C80H139I3O12Sm. The molecule has 558 valence electrons. The van der Waals surface area contributed by atoms with E-state index in [1.165, 1.54) is 70.6 Å². The molecule has 0 bridgehead atoms. The first-order valence-corrected chi connectivity index (χ1v) is 54.1. The van der Waals surface area contributed by atoms with E-state index in [-0.39, 0.29) is 94.3 Å². The number of aliphatic hydroxyl groups is 2. The number of esters is 3. The second-order valence-corrected chi connectivity index (χ2v) is 49.5. The van der Waals surface area contributed by atoms with Gasteiger partial charge in [-0.1, -0.05) is 185 Å². The molecule has 0 amide bonds. The van der Waals surface area contributed by atoms with Crippen LogP contribution in [0.4, 0.5) is 0 Å². The number of carbonyl (C=O) groups is 7. The molecule has 12 nitrogen and oxygen atoms in total. The number of fused-ring (bicyclic) bond motifs is 2. The fourth-order valence-corrected chi connectivity index (χ4v) is 16.3. The van der Waals surface area contributed by atoms with Crippen molar-refractivity contribution in [3.63, 3.8) is 0 Å². The Bertz CT molecular complexity index is 2120. The summed E-state index contributed by atoms with van der Waals surface area (Å²) in [6.45, 7) is 17.8. The maximum absolute atomic E-state index is 12.6. The summed E-state index contributed by atoms with van der Waals surface area (Å²) in [7, 11) is 0. The van der Waals surface area contributed by atoms with E-state index >= 15 is 0 Å². The van der Waals surface area contributed by atoms with Crippen LogP contribution in [0.1, 0.15) is 340 Å². The van der Waals surface area contributed by atoms with Crippen LogP contribution in [0.25, 0.3) is 0 Å². The first-order valence-electron chi connectivity index (χ1n) is 37.5. The molecule has 5 rings (SSSR count). The van der Waals surface area contributed by atoms with Crippen LogP contribution in [0.3, 0.4) is 0 Å². The summed E-state index contributed by atoms with van der Waals surface area (Å²) in [5.41, 5.74) is -1.08. The molecule has 5 saturated carbocycles. The van der Waals surface area contributed by atoms with E-state index in [1.807, 2.05) is 41.5 Å². The number of Topliss-reactive ketones (excluding diaryl/α,β-unsaturated/α-hetero) is 4. The predicted octanol–water partition coefficient (Wildman–Crippen LogP) is 22.4. The van der Waals surface area contributed by atoms with Crippen LogP contribution >= 0.6 is 51.2 Å². The second-order valence-electron chi connectivity index (χ2n) is 29.2. The van der Waals surface area contributed by atoms with Gasteiger partial charge in [-0.2, -0.15) is 0 Å². The van der Waals surface area contributed by atoms with Crippen LogP contribution in [0.5, 0.6) is 0 Å².